The first kappa shape index (κ1) is 16.5. The first-order valence-corrected chi connectivity index (χ1v) is 9.81. The largest absolute Gasteiger partial charge is 0.244 e. The Morgan fingerprint density at radius 2 is 1.85 bits per heavy atom. The lowest BCUT2D eigenvalue weighted by atomic mass is 10.0. The third kappa shape index (κ3) is 3.46. The second kappa shape index (κ2) is 6.46. The normalized spacial score (nSPS) is 21.7. The Labute approximate surface area is 138 Å². The van der Waals surface area contributed by atoms with Crippen LogP contribution in [0.25, 0.3) is 0 Å². The van der Waals surface area contributed by atoms with Crippen molar-refractivity contribution >= 4 is 41.9 Å². The lowest BCUT2D eigenvalue weighted by molar-refractivity contribution is 0.416. The van der Waals surface area contributed by atoms with Gasteiger partial charge in [-0.2, -0.15) is 4.31 Å². The van der Waals surface area contributed by atoms with Crippen molar-refractivity contribution in [1.29, 1.82) is 0 Å². The number of hydrogen-bond acceptors (Lipinski definition) is 2. The van der Waals surface area contributed by atoms with Crippen LogP contribution in [0.3, 0.4) is 0 Å². The maximum atomic E-state index is 12.8. The third-order valence-corrected chi connectivity index (χ3v) is 7.52. The summed E-state index contributed by atoms with van der Waals surface area (Å²) in [6.07, 6.45) is 2.97. The first-order chi connectivity index (χ1) is 9.32. The molecule has 0 radical (unpaired) electrons. The van der Waals surface area contributed by atoms with Gasteiger partial charge in [-0.1, -0.05) is 22.9 Å². The molecule has 1 aliphatic rings. The molecule has 0 saturated carbocycles. The summed E-state index contributed by atoms with van der Waals surface area (Å²) in [5, 5.41) is 0. The van der Waals surface area contributed by atoms with E-state index in [9.17, 15) is 8.42 Å². The molecule has 0 spiro atoms. The number of nitrogens with zero attached hydrogens (tertiary/aromatic N) is 1. The number of sulfonamides is 1. The summed E-state index contributed by atoms with van der Waals surface area (Å²) in [4.78, 5) is 0.351. The predicted molar refractivity (Wildman–Crippen MR) is 88.4 cm³/mol. The van der Waals surface area contributed by atoms with Crippen molar-refractivity contribution in [2.45, 2.75) is 38.0 Å². The molecule has 0 N–H and O–H groups in total. The SMILES string of the molecule is Cc1cc(Br)c(S(=O)(=O)N2CCCC(C)CC2)cc1Br. The van der Waals surface area contributed by atoms with Gasteiger partial charge < -0.3 is 0 Å². The quantitative estimate of drug-likeness (QED) is 0.708. The number of rotatable bonds is 2. The molecule has 1 heterocycles. The van der Waals surface area contributed by atoms with Crippen molar-refractivity contribution in [3.05, 3.63) is 26.6 Å². The first-order valence-electron chi connectivity index (χ1n) is 6.78. The van der Waals surface area contributed by atoms with Crippen molar-refractivity contribution < 1.29 is 8.42 Å². The van der Waals surface area contributed by atoms with Crippen molar-refractivity contribution in [2.24, 2.45) is 5.92 Å². The fourth-order valence-corrected chi connectivity index (χ4v) is 5.57. The molecule has 0 bridgehead atoms. The Balaban J connectivity index is 2.37. The van der Waals surface area contributed by atoms with Gasteiger partial charge >= 0.3 is 0 Å². The topological polar surface area (TPSA) is 37.4 Å². The Bertz CT molecular complexity index is 601. The van der Waals surface area contributed by atoms with E-state index in [2.05, 4.69) is 38.8 Å². The minimum absolute atomic E-state index is 0.351. The summed E-state index contributed by atoms with van der Waals surface area (Å²) in [7, 11) is -3.42. The van der Waals surface area contributed by atoms with E-state index in [1.54, 1.807) is 10.4 Å². The Morgan fingerprint density at radius 3 is 2.55 bits per heavy atom. The molecule has 1 unspecified atom stereocenters. The van der Waals surface area contributed by atoms with Crippen LogP contribution in [0.2, 0.25) is 0 Å². The molecule has 6 heteroatoms. The van der Waals surface area contributed by atoms with Gasteiger partial charge in [-0.05, 0) is 65.7 Å². The fraction of sp³-hybridized carbons (Fsp3) is 0.571. The maximum Gasteiger partial charge on any atom is 0.244 e. The second-order valence-electron chi connectivity index (χ2n) is 5.47. The van der Waals surface area contributed by atoms with Crippen molar-refractivity contribution in [3.8, 4) is 0 Å². The van der Waals surface area contributed by atoms with Crippen molar-refractivity contribution in [3.63, 3.8) is 0 Å². The predicted octanol–water partition coefficient (Wildman–Crippen LogP) is 4.33. The average Bonchev–Trinajstić information content (AvgIpc) is 2.59. The molecule has 1 aliphatic heterocycles. The van der Waals surface area contributed by atoms with Gasteiger partial charge in [-0.3, -0.25) is 0 Å². The molecule has 112 valence electrons. The van der Waals surface area contributed by atoms with Gasteiger partial charge in [0, 0.05) is 22.0 Å². The molecule has 3 nitrogen and oxygen atoms in total. The van der Waals surface area contributed by atoms with Gasteiger partial charge in [0.15, 0.2) is 0 Å². The van der Waals surface area contributed by atoms with Gasteiger partial charge in [0.25, 0.3) is 0 Å². The van der Waals surface area contributed by atoms with Gasteiger partial charge in [0.2, 0.25) is 10.0 Å². The summed E-state index contributed by atoms with van der Waals surface area (Å²) in [6, 6.07) is 3.54. The Morgan fingerprint density at radius 1 is 1.15 bits per heavy atom. The van der Waals surface area contributed by atoms with Crippen molar-refractivity contribution in [1.82, 2.24) is 4.31 Å². The molecular weight excluding hydrogens is 406 g/mol. The zero-order valence-corrected chi connectivity index (χ0v) is 15.7. The standard InChI is InChI=1S/C14H19Br2NO2S/c1-10-4-3-6-17(7-5-10)20(18,19)14-9-12(15)11(2)8-13(14)16/h8-10H,3-7H2,1-2H3. The summed E-state index contributed by atoms with van der Waals surface area (Å²) >= 11 is 6.81. The van der Waals surface area contributed by atoms with E-state index in [-0.39, 0.29) is 0 Å². The molecular formula is C14H19Br2NO2S. The van der Waals surface area contributed by atoms with Crippen LogP contribution in [0.15, 0.2) is 26.0 Å². The third-order valence-electron chi connectivity index (χ3n) is 3.81. The van der Waals surface area contributed by atoms with Gasteiger partial charge in [-0.25, -0.2) is 8.42 Å². The fourth-order valence-electron chi connectivity index (χ4n) is 2.44. The molecule has 1 aromatic rings. The van der Waals surface area contributed by atoms with E-state index in [4.69, 9.17) is 0 Å². The van der Waals surface area contributed by atoms with E-state index >= 15 is 0 Å². The molecule has 0 aromatic heterocycles. The lowest BCUT2D eigenvalue weighted by Gasteiger charge is -2.21. The molecule has 1 fully saturated rings. The highest BCUT2D eigenvalue weighted by Gasteiger charge is 2.28. The van der Waals surface area contributed by atoms with Crippen LogP contribution in [-0.4, -0.2) is 25.8 Å². The van der Waals surface area contributed by atoms with Crippen LogP contribution in [0, 0.1) is 12.8 Å². The van der Waals surface area contributed by atoms with Gasteiger partial charge in [0.1, 0.15) is 0 Å². The summed E-state index contributed by atoms with van der Waals surface area (Å²) in [5.41, 5.74) is 1.01. The maximum absolute atomic E-state index is 12.8. The monoisotopic (exact) mass is 423 g/mol. The molecule has 0 amide bonds. The highest BCUT2D eigenvalue weighted by Crippen LogP contribution is 2.32. The van der Waals surface area contributed by atoms with Crippen LogP contribution < -0.4 is 0 Å². The zero-order valence-electron chi connectivity index (χ0n) is 11.7. The van der Waals surface area contributed by atoms with Crippen LogP contribution in [0.5, 0.6) is 0 Å². The van der Waals surface area contributed by atoms with Crippen LogP contribution in [0.4, 0.5) is 0 Å². The van der Waals surface area contributed by atoms with E-state index in [1.165, 1.54) is 0 Å². The zero-order chi connectivity index (χ0) is 14.9. The Hall–Kier alpha value is 0.0900. The number of aryl methyl sites for hydroxylation is 1. The number of hydrogen-bond donors (Lipinski definition) is 0. The summed E-state index contributed by atoms with van der Waals surface area (Å²) < 4.78 is 28.7. The summed E-state index contributed by atoms with van der Waals surface area (Å²) in [6.45, 7) is 5.36. The van der Waals surface area contributed by atoms with Crippen LogP contribution >= 0.6 is 31.9 Å². The second-order valence-corrected chi connectivity index (χ2v) is 9.09. The number of benzene rings is 1. The molecule has 1 aromatic carbocycles. The number of halogens is 2. The van der Waals surface area contributed by atoms with Crippen molar-refractivity contribution in [2.75, 3.05) is 13.1 Å². The molecule has 0 aliphatic carbocycles. The molecule has 1 atom stereocenters. The van der Waals surface area contributed by atoms with Gasteiger partial charge in [-0.15, -0.1) is 0 Å². The Kier molecular flexibility index (Phi) is 5.32. The van der Waals surface area contributed by atoms with E-state index in [0.717, 1.165) is 29.3 Å². The van der Waals surface area contributed by atoms with E-state index < -0.39 is 10.0 Å². The van der Waals surface area contributed by atoms with E-state index in [1.807, 2.05) is 13.0 Å². The van der Waals surface area contributed by atoms with Crippen LogP contribution in [0.1, 0.15) is 31.7 Å². The average molecular weight is 425 g/mol. The minimum Gasteiger partial charge on any atom is -0.207 e. The highest BCUT2D eigenvalue weighted by molar-refractivity contribution is 9.11. The van der Waals surface area contributed by atoms with Gasteiger partial charge in [0.05, 0.1) is 4.90 Å². The lowest BCUT2D eigenvalue weighted by Crippen LogP contribution is -2.32. The molecule has 20 heavy (non-hydrogen) atoms. The smallest absolute Gasteiger partial charge is 0.207 e. The molecule has 2 rings (SSSR count). The minimum atomic E-state index is -3.42. The summed E-state index contributed by atoms with van der Waals surface area (Å²) in [5.74, 6) is 0.600. The van der Waals surface area contributed by atoms with Crippen LogP contribution in [-0.2, 0) is 10.0 Å². The van der Waals surface area contributed by atoms with E-state index in [0.29, 0.717) is 28.4 Å². The molecule has 1 saturated heterocycles. The highest BCUT2D eigenvalue weighted by atomic mass is 79.9.